The average molecular weight is 309 g/mol. The molecule has 2 N–H and O–H groups in total. The number of nitrogen functional groups attached to an aromatic ring is 1. The summed E-state index contributed by atoms with van der Waals surface area (Å²) in [6.45, 7) is 0. The van der Waals surface area contributed by atoms with Gasteiger partial charge in [0.05, 0.1) is 12.7 Å². The number of esters is 1. The Bertz CT molecular complexity index is 352. The molecule has 0 bridgehead atoms. The Morgan fingerprint density at radius 1 is 1.46 bits per heavy atom. The predicted molar refractivity (Wildman–Crippen MR) is 57.6 cm³/mol. The molecular formula is C8H7Br2NO2. The number of ether oxygens (including phenoxy) is 1. The van der Waals surface area contributed by atoms with Crippen molar-refractivity contribution in [2.75, 3.05) is 12.8 Å². The minimum absolute atomic E-state index is 0.344. The molecule has 0 aliphatic heterocycles. The third kappa shape index (κ3) is 2.03. The summed E-state index contributed by atoms with van der Waals surface area (Å²) in [5.41, 5.74) is 6.35. The first-order valence-electron chi connectivity index (χ1n) is 3.39. The van der Waals surface area contributed by atoms with Crippen molar-refractivity contribution in [1.82, 2.24) is 0 Å². The molecule has 0 atom stereocenters. The lowest BCUT2D eigenvalue weighted by atomic mass is 10.2. The van der Waals surface area contributed by atoms with E-state index in [0.29, 0.717) is 15.7 Å². The van der Waals surface area contributed by atoms with Crippen LogP contribution in [0.3, 0.4) is 0 Å². The smallest absolute Gasteiger partial charge is 0.341 e. The number of anilines is 1. The van der Waals surface area contributed by atoms with Crippen LogP contribution >= 0.6 is 31.9 Å². The van der Waals surface area contributed by atoms with E-state index in [1.807, 2.05) is 0 Å². The van der Waals surface area contributed by atoms with E-state index in [4.69, 9.17) is 5.73 Å². The first-order chi connectivity index (χ1) is 6.07. The van der Waals surface area contributed by atoms with Crippen LogP contribution in [0.1, 0.15) is 10.4 Å². The third-order valence-corrected chi connectivity index (χ3v) is 3.53. The maximum atomic E-state index is 11.3. The molecule has 1 aromatic rings. The Kier molecular flexibility index (Phi) is 3.33. The number of carbonyl (C=O) groups is 1. The first-order valence-corrected chi connectivity index (χ1v) is 4.98. The van der Waals surface area contributed by atoms with E-state index < -0.39 is 5.97 Å². The molecule has 0 fully saturated rings. The van der Waals surface area contributed by atoms with Crippen LogP contribution in [0, 0.1) is 0 Å². The monoisotopic (exact) mass is 307 g/mol. The molecule has 3 nitrogen and oxygen atoms in total. The van der Waals surface area contributed by atoms with Crippen molar-refractivity contribution in [3.8, 4) is 0 Å². The van der Waals surface area contributed by atoms with E-state index in [0.717, 1.165) is 4.47 Å². The van der Waals surface area contributed by atoms with Crippen molar-refractivity contribution >= 4 is 43.5 Å². The highest BCUT2D eigenvalue weighted by Gasteiger charge is 2.15. The van der Waals surface area contributed by atoms with Gasteiger partial charge in [-0.25, -0.2) is 4.79 Å². The number of halogens is 2. The zero-order valence-corrected chi connectivity index (χ0v) is 9.98. The number of hydrogen-bond acceptors (Lipinski definition) is 3. The second-order valence-corrected chi connectivity index (χ2v) is 3.96. The van der Waals surface area contributed by atoms with Gasteiger partial charge in [0, 0.05) is 14.6 Å². The molecular weight excluding hydrogens is 302 g/mol. The number of nitrogens with two attached hydrogens (primary N) is 1. The normalized spacial score (nSPS) is 9.77. The van der Waals surface area contributed by atoms with Crippen LogP contribution in [0.5, 0.6) is 0 Å². The molecule has 0 amide bonds. The van der Waals surface area contributed by atoms with Gasteiger partial charge >= 0.3 is 5.97 Å². The number of benzene rings is 1. The van der Waals surface area contributed by atoms with Gasteiger partial charge in [0.15, 0.2) is 0 Å². The molecule has 0 spiro atoms. The van der Waals surface area contributed by atoms with Gasteiger partial charge in [-0.05, 0) is 44.0 Å². The Hall–Kier alpha value is -0.550. The Balaban J connectivity index is 3.33. The second kappa shape index (κ2) is 4.11. The van der Waals surface area contributed by atoms with Gasteiger partial charge in [0.2, 0.25) is 0 Å². The molecule has 0 saturated carbocycles. The fourth-order valence-corrected chi connectivity index (χ4v) is 1.73. The van der Waals surface area contributed by atoms with Crippen molar-refractivity contribution < 1.29 is 9.53 Å². The van der Waals surface area contributed by atoms with E-state index in [-0.39, 0.29) is 0 Å². The van der Waals surface area contributed by atoms with Gasteiger partial charge in [-0.2, -0.15) is 0 Å². The Morgan fingerprint density at radius 3 is 2.62 bits per heavy atom. The van der Waals surface area contributed by atoms with Crippen molar-refractivity contribution in [2.45, 2.75) is 0 Å². The largest absolute Gasteiger partial charge is 0.465 e. The molecule has 0 radical (unpaired) electrons. The van der Waals surface area contributed by atoms with Gasteiger partial charge in [0.25, 0.3) is 0 Å². The van der Waals surface area contributed by atoms with Gasteiger partial charge in [-0.1, -0.05) is 0 Å². The minimum atomic E-state index is -0.453. The summed E-state index contributed by atoms with van der Waals surface area (Å²) < 4.78 is 5.96. The summed E-state index contributed by atoms with van der Waals surface area (Å²) in [5, 5.41) is 0. The zero-order chi connectivity index (χ0) is 10.0. The third-order valence-electron chi connectivity index (χ3n) is 1.52. The SMILES string of the molecule is COC(=O)c1c(N)ccc(Br)c1Br. The van der Waals surface area contributed by atoms with Crippen molar-refractivity contribution in [1.29, 1.82) is 0 Å². The molecule has 70 valence electrons. The zero-order valence-electron chi connectivity index (χ0n) is 6.80. The quantitative estimate of drug-likeness (QED) is 0.641. The molecule has 0 aliphatic rings. The number of hydrogen-bond donors (Lipinski definition) is 1. The number of carbonyl (C=O) groups excluding carboxylic acids is 1. The average Bonchev–Trinajstić information content (AvgIpc) is 2.12. The van der Waals surface area contributed by atoms with Gasteiger partial charge < -0.3 is 10.5 Å². The van der Waals surface area contributed by atoms with E-state index in [1.54, 1.807) is 12.1 Å². The maximum absolute atomic E-state index is 11.3. The minimum Gasteiger partial charge on any atom is -0.465 e. The predicted octanol–water partition coefficient (Wildman–Crippen LogP) is 2.58. The topological polar surface area (TPSA) is 52.3 Å². The molecule has 1 rings (SSSR count). The molecule has 0 heterocycles. The van der Waals surface area contributed by atoms with E-state index in [9.17, 15) is 4.79 Å². The molecule has 1 aromatic carbocycles. The van der Waals surface area contributed by atoms with Crippen LogP contribution in [0.4, 0.5) is 5.69 Å². The Labute approximate surface area is 92.5 Å². The molecule has 0 saturated heterocycles. The highest BCUT2D eigenvalue weighted by atomic mass is 79.9. The van der Waals surface area contributed by atoms with Crippen LogP contribution in [-0.4, -0.2) is 13.1 Å². The molecule has 0 aliphatic carbocycles. The maximum Gasteiger partial charge on any atom is 0.341 e. The van der Waals surface area contributed by atoms with Gasteiger partial charge in [-0.3, -0.25) is 0 Å². The fourth-order valence-electron chi connectivity index (χ4n) is 0.875. The van der Waals surface area contributed by atoms with Crippen LogP contribution in [0.2, 0.25) is 0 Å². The number of rotatable bonds is 1. The fraction of sp³-hybridized carbons (Fsp3) is 0.125. The lowest BCUT2D eigenvalue weighted by molar-refractivity contribution is 0.0601. The van der Waals surface area contributed by atoms with Crippen LogP contribution in [0.15, 0.2) is 21.1 Å². The molecule has 5 heteroatoms. The van der Waals surface area contributed by atoms with Crippen molar-refractivity contribution in [3.63, 3.8) is 0 Å². The molecule has 0 aromatic heterocycles. The summed E-state index contributed by atoms with van der Waals surface area (Å²) in [6, 6.07) is 3.40. The summed E-state index contributed by atoms with van der Waals surface area (Å²) in [5.74, 6) is -0.453. The van der Waals surface area contributed by atoms with E-state index >= 15 is 0 Å². The van der Waals surface area contributed by atoms with Crippen LogP contribution in [-0.2, 0) is 4.74 Å². The number of methoxy groups -OCH3 is 1. The lowest BCUT2D eigenvalue weighted by Crippen LogP contribution is -2.06. The van der Waals surface area contributed by atoms with E-state index in [1.165, 1.54) is 7.11 Å². The molecule has 0 unspecified atom stereocenters. The first kappa shape index (κ1) is 10.5. The summed E-state index contributed by atoms with van der Waals surface area (Å²) >= 11 is 6.51. The van der Waals surface area contributed by atoms with Gasteiger partial charge in [-0.15, -0.1) is 0 Å². The van der Waals surface area contributed by atoms with E-state index in [2.05, 4.69) is 36.6 Å². The van der Waals surface area contributed by atoms with Gasteiger partial charge in [0.1, 0.15) is 0 Å². The van der Waals surface area contributed by atoms with Crippen LogP contribution < -0.4 is 5.73 Å². The summed E-state index contributed by atoms with van der Waals surface area (Å²) in [7, 11) is 1.31. The standard InChI is InChI=1S/C8H7Br2NO2/c1-13-8(12)6-5(11)3-2-4(9)7(6)10/h2-3H,11H2,1H3. The highest BCUT2D eigenvalue weighted by molar-refractivity contribution is 9.13. The Morgan fingerprint density at radius 2 is 2.08 bits per heavy atom. The highest BCUT2D eigenvalue weighted by Crippen LogP contribution is 2.31. The van der Waals surface area contributed by atoms with Crippen molar-refractivity contribution in [2.24, 2.45) is 0 Å². The second-order valence-electron chi connectivity index (χ2n) is 2.32. The summed E-state index contributed by atoms with van der Waals surface area (Å²) in [6.07, 6.45) is 0. The summed E-state index contributed by atoms with van der Waals surface area (Å²) in [4.78, 5) is 11.3. The lowest BCUT2D eigenvalue weighted by Gasteiger charge is -2.06. The van der Waals surface area contributed by atoms with Crippen LogP contribution in [0.25, 0.3) is 0 Å². The molecule has 13 heavy (non-hydrogen) atoms. The van der Waals surface area contributed by atoms with Crippen molar-refractivity contribution in [3.05, 3.63) is 26.6 Å².